The van der Waals surface area contributed by atoms with Crippen LogP contribution in [0.5, 0.6) is 0 Å². The molecule has 3 nitrogen and oxygen atoms in total. The zero-order valence-corrected chi connectivity index (χ0v) is 6.07. The van der Waals surface area contributed by atoms with Crippen molar-refractivity contribution in [3.8, 4) is 0 Å². The molecule has 0 heterocycles. The van der Waals surface area contributed by atoms with Gasteiger partial charge in [-0.15, -0.1) is 0 Å². The molecule has 0 aromatic heterocycles. The molecule has 0 saturated carbocycles. The molecular weight excluding hydrogens is 138 g/mol. The van der Waals surface area contributed by atoms with E-state index < -0.39 is 12.4 Å². The van der Waals surface area contributed by atoms with Gasteiger partial charge in [0.2, 0.25) is 0 Å². The van der Waals surface area contributed by atoms with E-state index in [-0.39, 0.29) is 16.1 Å². The first-order valence-electron chi connectivity index (χ1n) is 3.41. The second-order valence-electron chi connectivity index (χ2n) is 1.33. The maximum absolute atomic E-state index is 10.9. The van der Waals surface area contributed by atoms with Crippen LogP contribution in [0.25, 0.3) is 0 Å². The van der Waals surface area contributed by atoms with E-state index in [2.05, 4.69) is 0 Å². The van der Waals surface area contributed by atoms with Crippen LogP contribution in [0.2, 0.25) is 1.41 Å². The van der Waals surface area contributed by atoms with Crippen LogP contribution in [-0.2, 0) is 16.1 Å². The Kier molecular flexibility index (Phi) is 2.45. The molecule has 0 aromatic rings. The van der Waals surface area contributed by atoms with Gasteiger partial charge in [0.05, 0.1) is 11.3 Å². The van der Waals surface area contributed by atoms with Crippen molar-refractivity contribution in [1.82, 2.24) is 5.31 Å². The van der Waals surface area contributed by atoms with Crippen molar-refractivity contribution >= 4 is 22.0 Å². The number of hydrogen-bond donors (Lipinski definition) is 1. The van der Waals surface area contributed by atoms with E-state index in [1.165, 1.54) is 13.8 Å². The minimum atomic E-state index is -0.940. The second-order valence-corrected chi connectivity index (χ2v) is 2.11. The highest BCUT2D eigenvalue weighted by atomic mass is 32.1. The summed E-state index contributed by atoms with van der Waals surface area (Å²) in [6, 6.07) is 0. The molecular formula is C5H9NO2S. The van der Waals surface area contributed by atoms with Gasteiger partial charge in [0.1, 0.15) is 4.86 Å². The van der Waals surface area contributed by atoms with E-state index in [4.69, 9.17) is 2.78 Å². The topological polar surface area (TPSA) is 46.2 Å². The zero-order valence-electron chi connectivity index (χ0n) is 7.25. The van der Waals surface area contributed by atoms with Crippen LogP contribution in [0, 0.1) is 0 Å². The van der Waals surface area contributed by atoms with Gasteiger partial charge in [0, 0.05) is 7.89 Å². The molecule has 0 bridgehead atoms. The standard InChI is InChI=1S/C5H9NO2S/c1-3-6-5(7)4(2)9-8/h3H2,1-2H3,(H,6,7)/i3D/hD. The van der Waals surface area contributed by atoms with E-state index in [1.54, 1.807) is 0 Å². The van der Waals surface area contributed by atoms with Crippen LogP contribution in [0.3, 0.4) is 0 Å². The summed E-state index contributed by atoms with van der Waals surface area (Å²) in [4.78, 5) is 10.9. The van der Waals surface area contributed by atoms with Gasteiger partial charge in [0.15, 0.2) is 1.41 Å². The maximum atomic E-state index is 10.9. The van der Waals surface area contributed by atoms with Crippen molar-refractivity contribution in [3.05, 3.63) is 0 Å². The molecule has 4 heteroatoms. The molecule has 1 amide bonds. The number of carbonyl (C=O) groups is 1. The number of carbonyl (C=O) groups excluding carboxylic acids is 1. The van der Waals surface area contributed by atoms with Gasteiger partial charge in [-0.1, -0.05) is 0 Å². The number of rotatable bonds is 2. The van der Waals surface area contributed by atoms with Crippen LogP contribution in [-0.4, -0.2) is 21.5 Å². The first-order chi connectivity index (χ1) is 5.00. The number of hydrogen-bond acceptors (Lipinski definition) is 2. The summed E-state index contributed by atoms with van der Waals surface area (Å²) in [5.74, 6) is -0.701. The molecule has 9 heavy (non-hydrogen) atoms. The molecule has 0 radical (unpaired) electrons. The Hall–Kier alpha value is -0.640. The minimum absolute atomic E-state index is 0.0147. The first-order valence-corrected chi connectivity index (χ1v) is 3.13. The smallest absolute Gasteiger partial charge is 0.260 e. The average molecular weight is 149 g/mol. The van der Waals surface area contributed by atoms with Gasteiger partial charge in [-0.2, -0.15) is 0 Å². The Balaban J connectivity index is 4.38. The van der Waals surface area contributed by atoms with Crippen LogP contribution in [0.15, 0.2) is 0 Å². The Labute approximate surface area is 60.4 Å². The highest BCUT2D eigenvalue weighted by Gasteiger charge is 2.00. The lowest BCUT2D eigenvalue weighted by Gasteiger charge is -1.95. The SMILES string of the molecule is [2H]C(C)N([2H])C(=O)C(C)=S=O. The molecule has 0 aliphatic carbocycles. The fourth-order valence-electron chi connectivity index (χ4n) is 0.244. The minimum Gasteiger partial charge on any atom is -0.352 e. The molecule has 0 aromatic carbocycles. The normalized spacial score (nSPS) is 14.9. The zero-order chi connectivity index (χ0) is 9.02. The molecule has 1 atom stereocenters. The predicted molar refractivity (Wildman–Crippen MR) is 37.5 cm³/mol. The summed E-state index contributed by atoms with van der Waals surface area (Å²) in [7, 11) is 0. The molecule has 0 aliphatic rings. The monoisotopic (exact) mass is 149 g/mol. The highest BCUT2D eigenvalue weighted by Crippen LogP contribution is 1.68. The average Bonchev–Trinajstić information content (AvgIpc) is 2.00. The van der Waals surface area contributed by atoms with E-state index in [0.29, 0.717) is 5.31 Å². The molecule has 1 unspecified atom stereocenters. The summed E-state index contributed by atoms with van der Waals surface area (Å²) in [6.45, 7) is 1.78. The summed E-state index contributed by atoms with van der Waals surface area (Å²) in [6.07, 6.45) is 0. The summed E-state index contributed by atoms with van der Waals surface area (Å²) >= 11 is 0.0507. The second kappa shape index (κ2) is 4.26. The van der Waals surface area contributed by atoms with Crippen molar-refractivity contribution in [2.24, 2.45) is 0 Å². The lowest BCUT2D eigenvalue weighted by Crippen LogP contribution is -2.28. The largest absolute Gasteiger partial charge is 0.352 e. The van der Waals surface area contributed by atoms with E-state index in [0.717, 1.165) is 0 Å². The van der Waals surface area contributed by atoms with Crippen LogP contribution < -0.4 is 5.31 Å². The van der Waals surface area contributed by atoms with Crippen molar-refractivity contribution < 1.29 is 11.8 Å². The maximum Gasteiger partial charge on any atom is 0.260 e. The molecule has 0 rings (SSSR count). The van der Waals surface area contributed by atoms with E-state index in [1.807, 2.05) is 0 Å². The Morgan fingerprint density at radius 2 is 2.56 bits per heavy atom. The third kappa shape index (κ3) is 3.03. The van der Waals surface area contributed by atoms with Crippen LogP contribution >= 0.6 is 0 Å². The first kappa shape index (κ1) is 5.17. The van der Waals surface area contributed by atoms with Crippen LogP contribution in [0.4, 0.5) is 0 Å². The summed E-state index contributed by atoms with van der Waals surface area (Å²) in [5.41, 5.74) is 0. The molecule has 1 N–H and O–H groups in total. The van der Waals surface area contributed by atoms with Crippen molar-refractivity contribution in [2.45, 2.75) is 13.8 Å². The lowest BCUT2D eigenvalue weighted by molar-refractivity contribution is -0.114. The highest BCUT2D eigenvalue weighted by molar-refractivity contribution is 7.68. The van der Waals surface area contributed by atoms with Crippen LogP contribution in [0.1, 0.15) is 15.2 Å². The Bertz CT molecular complexity index is 213. The molecule has 0 fully saturated rings. The van der Waals surface area contributed by atoms with Gasteiger partial charge in [-0.3, -0.25) is 4.79 Å². The fourth-order valence-corrected chi connectivity index (χ4v) is 0.368. The number of amides is 1. The van der Waals surface area contributed by atoms with Gasteiger partial charge >= 0.3 is 0 Å². The van der Waals surface area contributed by atoms with E-state index in [9.17, 15) is 9.00 Å². The van der Waals surface area contributed by atoms with Crippen molar-refractivity contribution in [3.63, 3.8) is 0 Å². The van der Waals surface area contributed by atoms with Crippen molar-refractivity contribution in [1.29, 1.82) is 0 Å². The predicted octanol–water partition coefficient (Wildman–Crippen LogP) is -0.472. The van der Waals surface area contributed by atoms with Gasteiger partial charge in [-0.25, -0.2) is 4.21 Å². The van der Waals surface area contributed by atoms with Gasteiger partial charge < -0.3 is 5.31 Å². The van der Waals surface area contributed by atoms with E-state index >= 15 is 0 Å². The molecule has 0 aliphatic heterocycles. The third-order valence-corrected chi connectivity index (χ3v) is 1.10. The number of nitrogens with one attached hydrogen (secondary N) is 1. The quantitative estimate of drug-likeness (QED) is 0.539. The Morgan fingerprint density at radius 1 is 2.00 bits per heavy atom. The molecule has 0 saturated heterocycles. The van der Waals surface area contributed by atoms with Gasteiger partial charge in [-0.05, 0) is 13.8 Å². The summed E-state index contributed by atoms with van der Waals surface area (Å²) in [5, 5.41) is 0.459. The third-order valence-electron chi connectivity index (χ3n) is 0.673. The van der Waals surface area contributed by atoms with Gasteiger partial charge in [0.25, 0.3) is 5.91 Å². The molecule has 52 valence electrons. The van der Waals surface area contributed by atoms with Crippen molar-refractivity contribution in [2.75, 3.05) is 6.52 Å². The Morgan fingerprint density at radius 3 is 2.89 bits per heavy atom. The fraction of sp³-hybridized carbons (Fsp3) is 0.600. The molecule has 0 spiro atoms. The lowest BCUT2D eigenvalue weighted by atomic mass is 10.4. The summed E-state index contributed by atoms with van der Waals surface area (Å²) < 4.78 is 24.1.